The number of aromatic nitrogens is 1. The Kier molecular flexibility index (Phi) is 7.11. The Balaban J connectivity index is 1.33. The summed E-state index contributed by atoms with van der Waals surface area (Å²) in [4.78, 5) is 30.9. The van der Waals surface area contributed by atoms with E-state index < -0.39 is 5.54 Å². The van der Waals surface area contributed by atoms with E-state index >= 15 is 0 Å². The summed E-state index contributed by atoms with van der Waals surface area (Å²) < 4.78 is 25.6. The SMILES string of the molecule is COc1ccc(F)c(C[C@]2(CCC(=O)N3CCC(Oc4cccnc4)CC3)CCC(=O)N2)c1. The molecule has 0 unspecified atom stereocenters. The van der Waals surface area contributed by atoms with Crippen LogP contribution in [0.15, 0.2) is 42.7 Å². The summed E-state index contributed by atoms with van der Waals surface area (Å²) in [6, 6.07) is 8.33. The molecule has 7 nitrogen and oxygen atoms in total. The first-order chi connectivity index (χ1) is 16.0. The topological polar surface area (TPSA) is 80.8 Å². The Bertz CT molecular complexity index is 979. The molecule has 0 spiro atoms. The molecule has 0 aliphatic carbocycles. The van der Waals surface area contributed by atoms with E-state index in [0.29, 0.717) is 56.5 Å². The first kappa shape index (κ1) is 23.0. The third kappa shape index (κ3) is 5.80. The maximum absolute atomic E-state index is 14.4. The van der Waals surface area contributed by atoms with E-state index in [9.17, 15) is 14.0 Å². The van der Waals surface area contributed by atoms with E-state index in [1.54, 1.807) is 24.5 Å². The van der Waals surface area contributed by atoms with Crippen LogP contribution in [0.2, 0.25) is 0 Å². The van der Waals surface area contributed by atoms with Crippen molar-refractivity contribution < 1.29 is 23.5 Å². The molecule has 176 valence electrons. The zero-order valence-electron chi connectivity index (χ0n) is 18.9. The summed E-state index contributed by atoms with van der Waals surface area (Å²) in [6.45, 7) is 1.27. The average molecular weight is 456 g/mol. The largest absolute Gasteiger partial charge is 0.497 e. The van der Waals surface area contributed by atoms with Gasteiger partial charge in [0.2, 0.25) is 11.8 Å². The highest BCUT2D eigenvalue weighted by Gasteiger charge is 2.39. The van der Waals surface area contributed by atoms with Crippen molar-refractivity contribution in [2.75, 3.05) is 20.2 Å². The van der Waals surface area contributed by atoms with Crippen molar-refractivity contribution in [3.05, 3.63) is 54.1 Å². The van der Waals surface area contributed by atoms with Gasteiger partial charge in [-0.25, -0.2) is 4.39 Å². The van der Waals surface area contributed by atoms with Gasteiger partial charge < -0.3 is 19.7 Å². The van der Waals surface area contributed by atoms with Crippen molar-refractivity contribution in [2.45, 2.75) is 56.6 Å². The molecule has 2 aliphatic heterocycles. The van der Waals surface area contributed by atoms with Crippen LogP contribution >= 0.6 is 0 Å². The standard InChI is InChI=1S/C25H30FN3O4/c1-32-20-4-5-22(26)18(15-20)16-25(10-6-23(30)28-25)11-7-24(31)29-13-8-19(9-14-29)33-21-3-2-12-27-17-21/h2-5,12,15,17,19H,6-11,13-14,16H2,1H3,(H,28,30)/t25-/m1/s1. The van der Waals surface area contributed by atoms with Gasteiger partial charge in [0.1, 0.15) is 23.4 Å². The number of likely N-dealkylation sites (tertiary alicyclic amines) is 1. The zero-order chi connectivity index (χ0) is 23.3. The molecule has 33 heavy (non-hydrogen) atoms. The lowest BCUT2D eigenvalue weighted by Crippen LogP contribution is -2.46. The quantitative estimate of drug-likeness (QED) is 0.661. The van der Waals surface area contributed by atoms with Crippen molar-refractivity contribution in [3.63, 3.8) is 0 Å². The molecule has 2 saturated heterocycles. The van der Waals surface area contributed by atoms with Crippen LogP contribution in [0.5, 0.6) is 11.5 Å². The number of amides is 2. The molecule has 2 aliphatic rings. The molecule has 1 atom stereocenters. The van der Waals surface area contributed by atoms with Crippen LogP contribution in [-0.2, 0) is 16.0 Å². The fraction of sp³-hybridized carbons (Fsp3) is 0.480. The van der Waals surface area contributed by atoms with Gasteiger partial charge in [0, 0.05) is 50.5 Å². The van der Waals surface area contributed by atoms with Gasteiger partial charge in [0.25, 0.3) is 0 Å². The average Bonchev–Trinajstić information content (AvgIpc) is 3.20. The van der Waals surface area contributed by atoms with Crippen LogP contribution in [-0.4, -0.2) is 53.5 Å². The highest BCUT2D eigenvalue weighted by molar-refractivity contribution is 5.80. The number of rotatable bonds is 8. The molecular formula is C25H30FN3O4. The van der Waals surface area contributed by atoms with Crippen molar-refractivity contribution in [3.8, 4) is 11.5 Å². The molecule has 0 saturated carbocycles. The smallest absolute Gasteiger partial charge is 0.222 e. The number of ether oxygens (including phenoxy) is 2. The minimum absolute atomic E-state index is 0.0564. The molecule has 4 rings (SSSR count). The maximum Gasteiger partial charge on any atom is 0.222 e. The Morgan fingerprint density at radius 3 is 2.76 bits per heavy atom. The second-order valence-electron chi connectivity index (χ2n) is 8.85. The maximum atomic E-state index is 14.4. The van der Waals surface area contributed by atoms with Gasteiger partial charge in [0.15, 0.2) is 0 Å². The summed E-state index contributed by atoms with van der Waals surface area (Å²) >= 11 is 0. The number of nitrogens with one attached hydrogen (secondary N) is 1. The zero-order valence-corrected chi connectivity index (χ0v) is 18.9. The Hall–Kier alpha value is -3.16. The number of piperidine rings is 1. The Morgan fingerprint density at radius 1 is 1.27 bits per heavy atom. The second-order valence-corrected chi connectivity index (χ2v) is 8.85. The van der Waals surface area contributed by atoms with E-state index in [0.717, 1.165) is 18.6 Å². The molecule has 1 aromatic heterocycles. The van der Waals surface area contributed by atoms with Crippen LogP contribution in [0.25, 0.3) is 0 Å². The van der Waals surface area contributed by atoms with Crippen molar-refractivity contribution in [1.29, 1.82) is 0 Å². The highest BCUT2D eigenvalue weighted by atomic mass is 19.1. The van der Waals surface area contributed by atoms with E-state index in [-0.39, 0.29) is 23.7 Å². The molecule has 8 heteroatoms. The number of carbonyl (C=O) groups is 2. The molecule has 2 aromatic rings. The van der Waals surface area contributed by atoms with Crippen molar-refractivity contribution >= 4 is 11.8 Å². The van der Waals surface area contributed by atoms with Crippen LogP contribution in [0.3, 0.4) is 0 Å². The van der Waals surface area contributed by atoms with E-state index in [2.05, 4.69) is 10.3 Å². The second kappa shape index (κ2) is 10.2. The summed E-state index contributed by atoms with van der Waals surface area (Å²) in [7, 11) is 1.54. The normalized spacial score (nSPS) is 21.0. The van der Waals surface area contributed by atoms with Crippen LogP contribution in [0, 0.1) is 5.82 Å². The lowest BCUT2D eigenvalue weighted by atomic mass is 9.84. The number of benzene rings is 1. The van der Waals surface area contributed by atoms with Crippen molar-refractivity contribution in [1.82, 2.24) is 15.2 Å². The van der Waals surface area contributed by atoms with Gasteiger partial charge in [-0.15, -0.1) is 0 Å². The fourth-order valence-corrected chi connectivity index (χ4v) is 4.70. The minimum Gasteiger partial charge on any atom is -0.497 e. The van der Waals surface area contributed by atoms with Crippen LogP contribution in [0.1, 0.15) is 44.1 Å². The predicted octanol–water partition coefficient (Wildman–Crippen LogP) is 3.27. The summed E-state index contributed by atoms with van der Waals surface area (Å²) in [6.07, 6.45) is 7.06. The molecular weight excluding hydrogens is 425 g/mol. The third-order valence-electron chi connectivity index (χ3n) is 6.57. The first-order valence-electron chi connectivity index (χ1n) is 11.4. The van der Waals surface area contributed by atoms with Crippen LogP contribution in [0.4, 0.5) is 4.39 Å². The molecule has 1 aromatic carbocycles. The number of nitrogens with zero attached hydrogens (tertiary/aromatic N) is 2. The van der Waals surface area contributed by atoms with Gasteiger partial charge in [-0.05, 0) is 55.2 Å². The first-order valence-corrected chi connectivity index (χ1v) is 11.4. The fourth-order valence-electron chi connectivity index (χ4n) is 4.70. The summed E-state index contributed by atoms with van der Waals surface area (Å²) in [5.74, 6) is 0.975. The molecule has 1 N–H and O–H groups in total. The van der Waals surface area contributed by atoms with E-state index in [1.165, 1.54) is 13.2 Å². The summed E-state index contributed by atoms with van der Waals surface area (Å²) in [5.41, 5.74) is -0.140. The molecule has 0 bridgehead atoms. The predicted molar refractivity (Wildman–Crippen MR) is 120 cm³/mol. The molecule has 0 radical (unpaired) electrons. The Morgan fingerprint density at radius 2 is 2.09 bits per heavy atom. The van der Waals surface area contributed by atoms with Gasteiger partial charge in [-0.3, -0.25) is 14.6 Å². The Labute approximate surface area is 193 Å². The van der Waals surface area contributed by atoms with Crippen molar-refractivity contribution in [2.24, 2.45) is 0 Å². The van der Waals surface area contributed by atoms with Gasteiger partial charge >= 0.3 is 0 Å². The molecule has 2 fully saturated rings. The number of carbonyl (C=O) groups excluding carboxylic acids is 2. The number of hydrogen-bond donors (Lipinski definition) is 1. The number of hydrogen-bond acceptors (Lipinski definition) is 5. The number of methoxy groups -OCH3 is 1. The van der Waals surface area contributed by atoms with Crippen LogP contribution < -0.4 is 14.8 Å². The lowest BCUT2D eigenvalue weighted by Gasteiger charge is -2.34. The van der Waals surface area contributed by atoms with Gasteiger partial charge in [-0.2, -0.15) is 0 Å². The monoisotopic (exact) mass is 455 g/mol. The van der Waals surface area contributed by atoms with Gasteiger partial charge in [0.05, 0.1) is 13.3 Å². The van der Waals surface area contributed by atoms with E-state index in [1.807, 2.05) is 17.0 Å². The summed E-state index contributed by atoms with van der Waals surface area (Å²) in [5, 5.41) is 3.03. The molecule has 2 amide bonds. The van der Waals surface area contributed by atoms with E-state index in [4.69, 9.17) is 9.47 Å². The lowest BCUT2D eigenvalue weighted by molar-refractivity contribution is -0.133. The molecule has 3 heterocycles. The number of pyridine rings is 1. The highest BCUT2D eigenvalue weighted by Crippen LogP contribution is 2.32. The third-order valence-corrected chi connectivity index (χ3v) is 6.57. The minimum atomic E-state index is -0.623. The number of halogens is 1. The van der Waals surface area contributed by atoms with Gasteiger partial charge in [-0.1, -0.05) is 0 Å².